The second-order valence-corrected chi connectivity index (χ2v) is 3.48. The zero-order chi connectivity index (χ0) is 11.8. The number of carbonyl (C=O) groups is 1. The number of unbranched alkanes of at least 4 members (excludes halogenated alkanes) is 2. The molecule has 0 saturated carbocycles. The van der Waals surface area contributed by atoms with Gasteiger partial charge in [-0.05, 0) is 12.8 Å². The maximum atomic E-state index is 11.5. The molecule has 1 amide bonds. The lowest BCUT2D eigenvalue weighted by Crippen LogP contribution is -2.25. The molecule has 16 heavy (non-hydrogen) atoms. The number of hydrogen-bond donors (Lipinski definition) is 1. The first kappa shape index (κ1) is 12.4. The first-order chi connectivity index (χ1) is 7.74. The zero-order valence-corrected chi connectivity index (χ0v) is 9.37. The molecule has 0 unspecified atom stereocenters. The van der Waals surface area contributed by atoms with E-state index in [-0.39, 0.29) is 16.8 Å². The van der Waals surface area contributed by atoms with E-state index in [9.17, 15) is 4.79 Å². The van der Waals surface area contributed by atoms with Gasteiger partial charge in [-0.25, -0.2) is 9.97 Å². The van der Waals surface area contributed by atoms with Crippen LogP contribution in [0.3, 0.4) is 0 Å². The van der Waals surface area contributed by atoms with Crippen molar-refractivity contribution in [2.24, 2.45) is 0 Å². The van der Waals surface area contributed by atoms with Gasteiger partial charge in [-0.15, -0.1) is 0 Å². The van der Waals surface area contributed by atoms with Crippen molar-refractivity contribution >= 4 is 17.5 Å². The van der Waals surface area contributed by atoms with E-state index in [2.05, 4.69) is 15.3 Å². The molecule has 84 valence electrons. The lowest BCUT2D eigenvalue weighted by atomic mass is 10.2. The zero-order valence-electron chi connectivity index (χ0n) is 8.61. The Labute approximate surface area is 98.5 Å². The number of aromatic nitrogens is 2. The number of carbonyl (C=O) groups excluding carboxylic acids is 1. The van der Waals surface area contributed by atoms with Crippen LogP contribution in [0, 0.1) is 11.3 Å². The Morgan fingerprint density at radius 1 is 1.44 bits per heavy atom. The lowest BCUT2D eigenvalue weighted by molar-refractivity contribution is 0.0947. The molecule has 6 heteroatoms. The second kappa shape index (κ2) is 6.75. The van der Waals surface area contributed by atoms with E-state index in [4.69, 9.17) is 16.9 Å². The Morgan fingerprint density at radius 3 is 2.88 bits per heavy atom. The van der Waals surface area contributed by atoms with Gasteiger partial charge >= 0.3 is 0 Å². The molecule has 0 bridgehead atoms. The predicted molar refractivity (Wildman–Crippen MR) is 58.8 cm³/mol. The number of rotatable bonds is 5. The minimum atomic E-state index is -0.277. The number of nitrogens with zero attached hydrogens (tertiary/aromatic N) is 3. The summed E-state index contributed by atoms with van der Waals surface area (Å²) in [6, 6.07) is 2.04. The van der Waals surface area contributed by atoms with Crippen LogP contribution in [0.4, 0.5) is 0 Å². The third kappa shape index (κ3) is 4.24. The van der Waals surface area contributed by atoms with Crippen molar-refractivity contribution in [3.05, 3.63) is 23.2 Å². The summed E-state index contributed by atoms with van der Waals surface area (Å²) in [6.07, 6.45) is 4.72. The minimum absolute atomic E-state index is 0.240. The van der Waals surface area contributed by atoms with E-state index in [0.29, 0.717) is 13.0 Å². The van der Waals surface area contributed by atoms with E-state index in [1.807, 2.05) is 6.07 Å². The molecule has 5 nitrogen and oxygen atoms in total. The van der Waals surface area contributed by atoms with E-state index in [1.54, 1.807) is 0 Å². The van der Waals surface area contributed by atoms with Crippen LogP contribution in [0.5, 0.6) is 0 Å². The van der Waals surface area contributed by atoms with Gasteiger partial charge in [-0.2, -0.15) is 5.26 Å². The fourth-order valence-electron chi connectivity index (χ4n) is 1.05. The number of amides is 1. The third-order valence-corrected chi connectivity index (χ3v) is 2.05. The van der Waals surface area contributed by atoms with Gasteiger partial charge in [0.05, 0.1) is 18.5 Å². The van der Waals surface area contributed by atoms with E-state index >= 15 is 0 Å². The first-order valence-electron chi connectivity index (χ1n) is 4.86. The normalized spacial score (nSPS) is 9.50. The molecular formula is C10H11ClN4O. The highest BCUT2D eigenvalue weighted by atomic mass is 35.5. The van der Waals surface area contributed by atoms with Crippen molar-refractivity contribution < 1.29 is 4.79 Å². The molecule has 0 spiro atoms. The van der Waals surface area contributed by atoms with E-state index < -0.39 is 0 Å². The largest absolute Gasteiger partial charge is 0.351 e. The molecule has 1 N–H and O–H groups in total. The molecule has 0 saturated heterocycles. The molecule has 0 aromatic carbocycles. The van der Waals surface area contributed by atoms with E-state index in [1.165, 1.54) is 12.4 Å². The van der Waals surface area contributed by atoms with Gasteiger partial charge in [0.2, 0.25) is 0 Å². The monoisotopic (exact) mass is 238 g/mol. The van der Waals surface area contributed by atoms with Crippen LogP contribution >= 0.6 is 11.6 Å². The first-order valence-corrected chi connectivity index (χ1v) is 5.24. The molecule has 1 heterocycles. The van der Waals surface area contributed by atoms with Crippen LogP contribution in [-0.4, -0.2) is 22.4 Å². The molecule has 1 aromatic rings. The predicted octanol–water partition coefficient (Wildman–Crippen LogP) is 1.55. The molecule has 0 aliphatic carbocycles. The standard InChI is InChI=1S/C10H11ClN4O/c11-9-7-14-8(6-15-9)10(16)13-5-3-1-2-4-12/h6-7H,1-3,5H2,(H,13,16). The van der Waals surface area contributed by atoms with Crippen LogP contribution in [-0.2, 0) is 0 Å². The van der Waals surface area contributed by atoms with Crippen LogP contribution in [0.1, 0.15) is 29.8 Å². The summed E-state index contributed by atoms with van der Waals surface area (Å²) in [6.45, 7) is 0.533. The lowest BCUT2D eigenvalue weighted by Gasteiger charge is -2.02. The van der Waals surface area contributed by atoms with Crippen molar-refractivity contribution in [2.75, 3.05) is 6.54 Å². The van der Waals surface area contributed by atoms with Crippen molar-refractivity contribution in [1.82, 2.24) is 15.3 Å². The average Bonchev–Trinajstić information content (AvgIpc) is 2.29. The quantitative estimate of drug-likeness (QED) is 0.790. The van der Waals surface area contributed by atoms with Gasteiger partial charge < -0.3 is 5.32 Å². The fourth-order valence-corrected chi connectivity index (χ4v) is 1.15. The smallest absolute Gasteiger partial charge is 0.271 e. The Morgan fingerprint density at radius 2 is 2.25 bits per heavy atom. The summed E-state index contributed by atoms with van der Waals surface area (Å²) in [5.74, 6) is -0.277. The molecule has 1 aromatic heterocycles. The molecule has 1 rings (SSSR count). The van der Waals surface area contributed by atoms with Gasteiger partial charge in [-0.1, -0.05) is 11.6 Å². The summed E-state index contributed by atoms with van der Waals surface area (Å²) in [5, 5.41) is 11.2. The van der Waals surface area contributed by atoms with Crippen LogP contribution in [0.25, 0.3) is 0 Å². The maximum absolute atomic E-state index is 11.5. The van der Waals surface area contributed by atoms with Crippen molar-refractivity contribution in [3.8, 4) is 6.07 Å². The van der Waals surface area contributed by atoms with Crippen LogP contribution in [0.15, 0.2) is 12.4 Å². The van der Waals surface area contributed by atoms with Gasteiger partial charge in [-0.3, -0.25) is 4.79 Å². The maximum Gasteiger partial charge on any atom is 0.271 e. The number of halogens is 1. The molecule has 0 radical (unpaired) electrons. The Hall–Kier alpha value is -1.67. The van der Waals surface area contributed by atoms with Gasteiger partial charge in [0.25, 0.3) is 5.91 Å². The molecule has 0 atom stereocenters. The van der Waals surface area contributed by atoms with Gasteiger partial charge in [0.15, 0.2) is 0 Å². The summed E-state index contributed by atoms with van der Waals surface area (Å²) in [4.78, 5) is 19.1. The number of nitriles is 1. The van der Waals surface area contributed by atoms with Crippen molar-refractivity contribution in [1.29, 1.82) is 5.26 Å². The minimum Gasteiger partial charge on any atom is -0.351 e. The second-order valence-electron chi connectivity index (χ2n) is 3.10. The highest BCUT2D eigenvalue weighted by Crippen LogP contribution is 2.01. The molecule has 0 aliphatic heterocycles. The van der Waals surface area contributed by atoms with Gasteiger partial charge in [0.1, 0.15) is 10.8 Å². The van der Waals surface area contributed by atoms with Crippen molar-refractivity contribution in [3.63, 3.8) is 0 Å². The molecular weight excluding hydrogens is 228 g/mol. The summed E-state index contributed by atoms with van der Waals surface area (Å²) in [7, 11) is 0. The van der Waals surface area contributed by atoms with Gasteiger partial charge in [0, 0.05) is 13.0 Å². The SMILES string of the molecule is N#CCCCCNC(=O)c1cnc(Cl)cn1. The number of hydrogen-bond acceptors (Lipinski definition) is 4. The Balaban J connectivity index is 2.30. The Bertz CT molecular complexity index is 385. The highest BCUT2D eigenvalue weighted by molar-refractivity contribution is 6.29. The Kier molecular flexibility index (Phi) is 5.23. The van der Waals surface area contributed by atoms with E-state index in [0.717, 1.165) is 12.8 Å². The average molecular weight is 239 g/mol. The highest BCUT2D eigenvalue weighted by Gasteiger charge is 2.06. The number of nitrogens with one attached hydrogen (secondary N) is 1. The molecule has 0 aliphatic rings. The van der Waals surface area contributed by atoms with Crippen LogP contribution < -0.4 is 5.32 Å². The summed E-state index contributed by atoms with van der Waals surface area (Å²) >= 11 is 5.54. The fraction of sp³-hybridized carbons (Fsp3) is 0.400. The topological polar surface area (TPSA) is 78.7 Å². The summed E-state index contributed by atoms with van der Waals surface area (Å²) in [5.41, 5.74) is 0.240. The summed E-state index contributed by atoms with van der Waals surface area (Å²) < 4.78 is 0. The third-order valence-electron chi connectivity index (χ3n) is 1.85. The molecule has 0 fully saturated rings. The van der Waals surface area contributed by atoms with Crippen molar-refractivity contribution in [2.45, 2.75) is 19.3 Å². The van der Waals surface area contributed by atoms with Crippen LogP contribution in [0.2, 0.25) is 5.15 Å².